The number of rotatable bonds is 4. The molecule has 0 fully saturated rings. The Morgan fingerprint density at radius 3 is 2.08 bits per heavy atom. The van der Waals surface area contributed by atoms with Gasteiger partial charge in [-0.25, -0.2) is 19.7 Å². The average molecular weight is 331 g/mol. The molecule has 0 aliphatic heterocycles. The van der Waals surface area contributed by atoms with Crippen molar-refractivity contribution in [1.82, 2.24) is 15.0 Å². The van der Waals surface area contributed by atoms with Gasteiger partial charge in [-0.1, -0.05) is 0 Å². The molecule has 126 valence electrons. The first-order valence-electron chi connectivity index (χ1n) is 7.47. The lowest BCUT2D eigenvalue weighted by molar-refractivity contribution is 0.0518. The number of hydrogen-bond acceptors (Lipinski definition) is 8. The number of aromatic nitrogens is 3. The van der Waals surface area contributed by atoms with E-state index in [1.165, 1.54) is 0 Å². The normalized spacial score (nSPS) is 11.0. The molecule has 0 N–H and O–H groups in total. The molecule has 0 amide bonds. The number of ether oxygens (including phenoxy) is 1. The van der Waals surface area contributed by atoms with Crippen LogP contribution in [-0.2, 0) is 4.74 Å². The molecule has 0 spiro atoms. The number of oxazole rings is 3. The van der Waals surface area contributed by atoms with Crippen LogP contribution in [0.3, 0.4) is 0 Å². The molecule has 3 heterocycles. The van der Waals surface area contributed by atoms with Crippen molar-refractivity contribution in [3.8, 4) is 23.2 Å². The lowest BCUT2D eigenvalue weighted by atomic mass is 10.3. The molecule has 0 aliphatic rings. The third-order valence-electron chi connectivity index (χ3n) is 3.37. The number of carbonyl (C=O) groups excluding carboxylic acids is 1. The molecule has 0 saturated carbocycles. The van der Waals surface area contributed by atoms with Crippen LogP contribution >= 0.6 is 0 Å². The van der Waals surface area contributed by atoms with Gasteiger partial charge in [0, 0.05) is 6.92 Å². The van der Waals surface area contributed by atoms with E-state index in [0.717, 1.165) is 0 Å². The van der Waals surface area contributed by atoms with E-state index in [1.54, 1.807) is 34.6 Å². The maximum absolute atomic E-state index is 11.9. The van der Waals surface area contributed by atoms with Gasteiger partial charge >= 0.3 is 5.97 Å². The number of hydrogen-bond donors (Lipinski definition) is 0. The molecule has 3 rings (SSSR count). The van der Waals surface area contributed by atoms with Crippen molar-refractivity contribution in [2.75, 3.05) is 6.61 Å². The third-order valence-corrected chi connectivity index (χ3v) is 3.37. The summed E-state index contributed by atoms with van der Waals surface area (Å²) < 4.78 is 21.6. The van der Waals surface area contributed by atoms with E-state index >= 15 is 0 Å². The first-order chi connectivity index (χ1) is 11.4. The Kier molecular flexibility index (Phi) is 3.96. The molecule has 0 aliphatic carbocycles. The zero-order chi connectivity index (χ0) is 17.4. The Hall–Kier alpha value is -2.90. The summed E-state index contributed by atoms with van der Waals surface area (Å²) in [6.07, 6.45) is 0. The number of esters is 1. The summed E-state index contributed by atoms with van der Waals surface area (Å²) in [5.41, 5.74) is 1.06. The van der Waals surface area contributed by atoms with Gasteiger partial charge in [-0.15, -0.1) is 0 Å². The molecule has 3 aromatic heterocycles. The minimum absolute atomic E-state index is 0.129. The molecule has 0 atom stereocenters. The Morgan fingerprint density at radius 1 is 0.875 bits per heavy atom. The molecule has 24 heavy (non-hydrogen) atoms. The van der Waals surface area contributed by atoms with Gasteiger partial charge < -0.3 is 18.0 Å². The van der Waals surface area contributed by atoms with Crippen LogP contribution in [0.15, 0.2) is 13.3 Å². The summed E-state index contributed by atoms with van der Waals surface area (Å²) in [5.74, 6) is 1.97. The van der Waals surface area contributed by atoms with Crippen molar-refractivity contribution in [2.45, 2.75) is 34.6 Å². The van der Waals surface area contributed by atoms with Crippen LogP contribution in [0.1, 0.15) is 40.6 Å². The topological polar surface area (TPSA) is 104 Å². The molecule has 0 unspecified atom stereocenters. The monoisotopic (exact) mass is 331 g/mol. The highest BCUT2D eigenvalue weighted by atomic mass is 16.5. The van der Waals surface area contributed by atoms with Gasteiger partial charge in [-0.3, -0.25) is 0 Å². The molecule has 8 nitrogen and oxygen atoms in total. The molecule has 0 radical (unpaired) electrons. The molecular weight excluding hydrogens is 314 g/mol. The highest BCUT2D eigenvalue weighted by molar-refractivity contribution is 5.88. The van der Waals surface area contributed by atoms with Crippen LogP contribution < -0.4 is 0 Å². The summed E-state index contributed by atoms with van der Waals surface area (Å²) in [6, 6.07) is 0. The maximum Gasteiger partial charge on any atom is 0.360 e. The van der Waals surface area contributed by atoms with Crippen molar-refractivity contribution >= 4 is 5.97 Å². The van der Waals surface area contributed by atoms with E-state index in [0.29, 0.717) is 40.5 Å². The van der Waals surface area contributed by atoms with E-state index in [-0.39, 0.29) is 18.2 Å². The number of nitrogens with zero attached hydrogens (tertiary/aromatic N) is 3. The smallest absolute Gasteiger partial charge is 0.360 e. The maximum atomic E-state index is 11.9. The van der Waals surface area contributed by atoms with Gasteiger partial charge in [0.15, 0.2) is 23.0 Å². The van der Waals surface area contributed by atoms with Gasteiger partial charge in [0.1, 0.15) is 17.3 Å². The predicted molar refractivity (Wildman–Crippen MR) is 82.4 cm³/mol. The molecule has 3 aromatic rings. The summed E-state index contributed by atoms with van der Waals surface area (Å²) in [5, 5.41) is 0. The van der Waals surface area contributed by atoms with Gasteiger partial charge in [-0.05, 0) is 27.7 Å². The van der Waals surface area contributed by atoms with Gasteiger partial charge in [0.2, 0.25) is 11.8 Å². The van der Waals surface area contributed by atoms with E-state index < -0.39 is 5.97 Å². The van der Waals surface area contributed by atoms with E-state index in [4.69, 9.17) is 18.0 Å². The molecule has 0 saturated heterocycles. The van der Waals surface area contributed by atoms with E-state index in [9.17, 15) is 4.79 Å². The van der Waals surface area contributed by atoms with E-state index in [2.05, 4.69) is 15.0 Å². The van der Waals surface area contributed by atoms with Crippen LogP contribution in [0.4, 0.5) is 0 Å². The first-order valence-corrected chi connectivity index (χ1v) is 7.47. The number of aryl methyl sites for hydroxylation is 4. The highest BCUT2D eigenvalue weighted by Crippen LogP contribution is 2.30. The van der Waals surface area contributed by atoms with Crippen molar-refractivity contribution in [3.05, 3.63) is 28.9 Å². The van der Waals surface area contributed by atoms with Gasteiger partial charge in [-0.2, -0.15) is 0 Å². The average Bonchev–Trinajstić information content (AvgIpc) is 3.16. The predicted octanol–water partition coefficient (Wildman–Crippen LogP) is 3.39. The standard InChI is InChI=1S/C16H17N3O5/c1-6-21-16(20)13-9(4)24-15(19-13)12-8(3)23-14(18-12)11-7(2)22-10(5)17-11/h6H2,1-5H3. The quantitative estimate of drug-likeness (QED) is 0.670. The first kappa shape index (κ1) is 16.0. The largest absolute Gasteiger partial charge is 0.461 e. The summed E-state index contributed by atoms with van der Waals surface area (Å²) in [4.78, 5) is 24.7. The van der Waals surface area contributed by atoms with Gasteiger partial charge in [0.05, 0.1) is 6.61 Å². The molecular formula is C16H17N3O5. The van der Waals surface area contributed by atoms with Gasteiger partial charge in [0.25, 0.3) is 0 Å². The molecule has 8 heteroatoms. The minimum Gasteiger partial charge on any atom is -0.461 e. The van der Waals surface area contributed by atoms with Crippen LogP contribution in [0, 0.1) is 27.7 Å². The van der Waals surface area contributed by atoms with Crippen molar-refractivity contribution in [1.29, 1.82) is 0 Å². The summed E-state index contributed by atoms with van der Waals surface area (Å²) in [7, 11) is 0. The second-order valence-electron chi connectivity index (χ2n) is 5.21. The summed E-state index contributed by atoms with van der Waals surface area (Å²) in [6.45, 7) is 8.89. The number of carbonyl (C=O) groups is 1. The van der Waals surface area contributed by atoms with Crippen molar-refractivity contribution in [3.63, 3.8) is 0 Å². The fourth-order valence-electron chi connectivity index (χ4n) is 2.31. The second-order valence-corrected chi connectivity index (χ2v) is 5.21. The Labute approximate surface area is 137 Å². The summed E-state index contributed by atoms with van der Waals surface area (Å²) >= 11 is 0. The highest BCUT2D eigenvalue weighted by Gasteiger charge is 2.25. The Morgan fingerprint density at radius 2 is 1.46 bits per heavy atom. The zero-order valence-electron chi connectivity index (χ0n) is 14.1. The molecule has 0 aromatic carbocycles. The third kappa shape index (κ3) is 2.70. The second kappa shape index (κ2) is 5.95. The van der Waals surface area contributed by atoms with Crippen LogP contribution in [0.2, 0.25) is 0 Å². The Balaban J connectivity index is 2.01. The van der Waals surface area contributed by atoms with Crippen LogP contribution in [0.5, 0.6) is 0 Å². The fourth-order valence-corrected chi connectivity index (χ4v) is 2.31. The Bertz CT molecular complexity index is 903. The minimum atomic E-state index is -0.533. The van der Waals surface area contributed by atoms with E-state index in [1.807, 2.05) is 0 Å². The molecule has 0 bridgehead atoms. The van der Waals surface area contributed by atoms with Crippen molar-refractivity contribution in [2.24, 2.45) is 0 Å². The van der Waals surface area contributed by atoms with Crippen LogP contribution in [-0.4, -0.2) is 27.5 Å². The fraction of sp³-hybridized carbons (Fsp3) is 0.375. The SMILES string of the molecule is CCOC(=O)c1nc(-c2nc(-c3nc(C)oc3C)oc2C)oc1C. The van der Waals surface area contributed by atoms with Crippen LogP contribution in [0.25, 0.3) is 23.2 Å². The lowest BCUT2D eigenvalue weighted by Gasteiger charge is -1.96. The van der Waals surface area contributed by atoms with Crippen molar-refractivity contribution < 1.29 is 22.8 Å². The zero-order valence-corrected chi connectivity index (χ0v) is 14.1. The lowest BCUT2D eigenvalue weighted by Crippen LogP contribution is -2.06.